The Morgan fingerprint density at radius 2 is 2.38 bits per heavy atom. The number of hydrogen-bond acceptors (Lipinski definition) is 3. The summed E-state index contributed by atoms with van der Waals surface area (Å²) in [6, 6.07) is -0.0151. The molecular formula is C11H23N3O2. The van der Waals surface area contributed by atoms with Crippen molar-refractivity contribution in [3.05, 3.63) is 0 Å². The van der Waals surface area contributed by atoms with Gasteiger partial charge in [0.05, 0.1) is 12.7 Å². The number of rotatable bonds is 4. The molecule has 0 saturated carbocycles. The summed E-state index contributed by atoms with van der Waals surface area (Å²) in [4.78, 5) is 15.5. The summed E-state index contributed by atoms with van der Waals surface area (Å²) in [5.41, 5.74) is 0. The summed E-state index contributed by atoms with van der Waals surface area (Å²) < 4.78 is 5.61. The van der Waals surface area contributed by atoms with Crippen LogP contribution in [0.5, 0.6) is 0 Å². The molecule has 1 rings (SSSR count). The normalized spacial score (nSPS) is 21.8. The van der Waals surface area contributed by atoms with E-state index in [1.54, 1.807) is 4.90 Å². The quantitative estimate of drug-likeness (QED) is 0.757. The van der Waals surface area contributed by atoms with E-state index < -0.39 is 0 Å². The Morgan fingerprint density at radius 1 is 1.62 bits per heavy atom. The van der Waals surface area contributed by atoms with Crippen LogP contribution in [0.1, 0.15) is 13.3 Å². The Bertz CT molecular complexity index is 223. The highest BCUT2D eigenvalue weighted by Gasteiger charge is 2.20. The molecule has 0 aromatic rings. The highest BCUT2D eigenvalue weighted by atomic mass is 16.5. The van der Waals surface area contributed by atoms with E-state index in [0.717, 1.165) is 32.7 Å². The van der Waals surface area contributed by atoms with Crippen LogP contribution in [0.4, 0.5) is 4.79 Å². The standard InChI is InChI=1S/C11H23N3O2/c1-4-5-12-11(15)14(3)9-10-8-13(2)6-7-16-10/h10H,4-9H2,1-3H3,(H,12,15). The fourth-order valence-corrected chi connectivity index (χ4v) is 1.73. The van der Waals surface area contributed by atoms with Gasteiger partial charge in [0.15, 0.2) is 0 Å². The first-order chi connectivity index (χ1) is 7.63. The average Bonchev–Trinajstić information content (AvgIpc) is 2.25. The van der Waals surface area contributed by atoms with Crippen LogP contribution in [0.2, 0.25) is 0 Å². The van der Waals surface area contributed by atoms with Gasteiger partial charge in [-0.25, -0.2) is 4.79 Å². The van der Waals surface area contributed by atoms with Gasteiger partial charge in [-0.3, -0.25) is 0 Å². The molecule has 2 amide bonds. The molecule has 94 valence electrons. The molecule has 0 aromatic carbocycles. The molecule has 1 aliphatic rings. The number of carbonyl (C=O) groups is 1. The number of morpholine rings is 1. The minimum atomic E-state index is -0.0151. The van der Waals surface area contributed by atoms with Crippen LogP contribution >= 0.6 is 0 Å². The van der Waals surface area contributed by atoms with Crippen LogP contribution in [0.25, 0.3) is 0 Å². The van der Waals surface area contributed by atoms with Crippen LogP contribution in [-0.4, -0.2) is 68.8 Å². The summed E-state index contributed by atoms with van der Waals surface area (Å²) in [5, 5.41) is 2.85. The van der Waals surface area contributed by atoms with Gasteiger partial charge in [-0.05, 0) is 13.5 Å². The molecule has 5 nitrogen and oxygen atoms in total. The first kappa shape index (κ1) is 13.3. The Labute approximate surface area is 97.7 Å². The summed E-state index contributed by atoms with van der Waals surface area (Å²) >= 11 is 0. The maximum atomic E-state index is 11.6. The third-order valence-electron chi connectivity index (χ3n) is 2.69. The van der Waals surface area contributed by atoms with E-state index in [2.05, 4.69) is 17.3 Å². The van der Waals surface area contributed by atoms with Crippen molar-refractivity contribution in [1.82, 2.24) is 15.1 Å². The second-order valence-electron chi connectivity index (χ2n) is 4.37. The van der Waals surface area contributed by atoms with Crippen LogP contribution in [0.15, 0.2) is 0 Å². The van der Waals surface area contributed by atoms with Crippen molar-refractivity contribution in [3.8, 4) is 0 Å². The van der Waals surface area contributed by atoms with E-state index in [1.807, 2.05) is 14.0 Å². The molecule has 0 radical (unpaired) electrons. The van der Waals surface area contributed by atoms with Crippen molar-refractivity contribution in [3.63, 3.8) is 0 Å². The van der Waals surface area contributed by atoms with Gasteiger partial charge in [0, 0.05) is 33.2 Å². The highest BCUT2D eigenvalue weighted by molar-refractivity contribution is 5.73. The van der Waals surface area contributed by atoms with E-state index in [4.69, 9.17) is 4.74 Å². The number of nitrogens with zero attached hydrogens (tertiary/aromatic N) is 2. The molecule has 1 fully saturated rings. The number of ether oxygens (including phenoxy) is 1. The summed E-state index contributed by atoms with van der Waals surface area (Å²) in [5.74, 6) is 0. The molecule has 1 saturated heterocycles. The first-order valence-corrected chi connectivity index (χ1v) is 5.92. The Hall–Kier alpha value is -0.810. The zero-order valence-electron chi connectivity index (χ0n) is 10.5. The summed E-state index contributed by atoms with van der Waals surface area (Å²) in [6.45, 7) is 6.05. The molecule has 0 aromatic heterocycles. The number of nitrogens with one attached hydrogen (secondary N) is 1. The molecular weight excluding hydrogens is 206 g/mol. The fraction of sp³-hybridized carbons (Fsp3) is 0.909. The number of hydrogen-bond donors (Lipinski definition) is 1. The smallest absolute Gasteiger partial charge is 0.317 e. The minimum Gasteiger partial charge on any atom is -0.374 e. The molecule has 1 N–H and O–H groups in total. The summed E-state index contributed by atoms with van der Waals surface area (Å²) in [6.07, 6.45) is 1.10. The molecule has 16 heavy (non-hydrogen) atoms. The second kappa shape index (κ2) is 6.70. The van der Waals surface area contributed by atoms with E-state index in [0.29, 0.717) is 6.54 Å². The van der Waals surface area contributed by atoms with E-state index in [9.17, 15) is 4.79 Å². The van der Waals surface area contributed by atoms with Crippen molar-refractivity contribution in [1.29, 1.82) is 0 Å². The summed E-state index contributed by atoms with van der Waals surface area (Å²) in [7, 11) is 3.88. The fourth-order valence-electron chi connectivity index (χ4n) is 1.73. The van der Waals surface area contributed by atoms with Crippen LogP contribution in [0.3, 0.4) is 0 Å². The third kappa shape index (κ3) is 4.37. The Morgan fingerprint density at radius 3 is 3.00 bits per heavy atom. The molecule has 1 aliphatic heterocycles. The lowest BCUT2D eigenvalue weighted by Crippen LogP contribution is -2.48. The number of carbonyl (C=O) groups excluding carboxylic acids is 1. The Balaban J connectivity index is 2.26. The van der Waals surface area contributed by atoms with Gasteiger partial charge in [-0.2, -0.15) is 0 Å². The van der Waals surface area contributed by atoms with Crippen LogP contribution in [-0.2, 0) is 4.74 Å². The van der Waals surface area contributed by atoms with Crippen molar-refractivity contribution in [2.45, 2.75) is 19.4 Å². The number of likely N-dealkylation sites (N-methyl/N-ethyl adjacent to an activating group) is 2. The third-order valence-corrected chi connectivity index (χ3v) is 2.69. The lowest BCUT2D eigenvalue weighted by molar-refractivity contribution is -0.0281. The van der Waals surface area contributed by atoms with E-state index in [-0.39, 0.29) is 12.1 Å². The zero-order chi connectivity index (χ0) is 12.0. The lowest BCUT2D eigenvalue weighted by Gasteiger charge is -2.32. The van der Waals surface area contributed by atoms with Gasteiger partial charge in [0.2, 0.25) is 0 Å². The van der Waals surface area contributed by atoms with Crippen LogP contribution in [0, 0.1) is 0 Å². The predicted octanol–water partition coefficient (Wildman–Crippen LogP) is 0.368. The van der Waals surface area contributed by atoms with E-state index >= 15 is 0 Å². The van der Waals surface area contributed by atoms with E-state index in [1.165, 1.54) is 0 Å². The van der Waals surface area contributed by atoms with Crippen molar-refractivity contribution < 1.29 is 9.53 Å². The van der Waals surface area contributed by atoms with Gasteiger partial charge in [0.25, 0.3) is 0 Å². The molecule has 0 bridgehead atoms. The van der Waals surface area contributed by atoms with Gasteiger partial charge in [-0.1, -0.05) is 6.92 Å². The maximum absolute atomic E-state index is 11.6. The van der Waals surface area contributed by atoms with Gasteiger partial charge in [0.1, 0.15) is 0 Å². The van der Waals surface area contributed by atoms with Crippen LogP contribution < -0.4 is 5.32 Å². The average molecular weight is 229 g/mol. The van der Waals surface area contributed by atoms with Crippen molar-refractivity contribution >= 4 is 6.03 Å². The lowest BCUT2D eigenvalue weighted by atomic mass is 10.2. The SMILES string of the molecule is CCCNC(=O)N(C)CC1CN(C)CCO1. The predicted molar refractivity (Wildman–Crippen MR) is 63.6 cm³/mol. The highest BCUT2D eigenvalue weighted by Crippen LogP contribution is 2.04. The first-order valence-electron chi connectivity index (χ1n) is 5.92. The Kier molecular flexibility index (Phi) is 5.55. The molecule has 0 aliphatic carbocycles. The second-order valence-corrected chi connectivity index (χ2v) is 4.37. The molecule has 5 heteroatoms. The maximum Gasteiger partial charge on any atom is 0.317 e. The monoisotopic (exact) mass is 229 g/mol. The zero-order valence-corrected chi connectivity index (χ0v) is 10.5. The van der Waals surface area contributed by atoms with Gasteiger partial charge in [-0.15, -0.1) is 0 Å². The molecule has 1 heterocycles. The number of urea groups is 1. The molecule has 1 atom stereocenters. The van der Waals surface area contributed by atoms with Gasteiger partial charge < -0.3 is 19.9 Å². The molecule has 0 spiro atoms. The topological polar surface area (TPSA) is 44.8 Å². The minimum absolute atomic E-state index is 0.0151. The van der Waals surface area contributed by atoms with Crippen molar-refractivity contribution in [2.24, 2.45) is 0 Å². The van der Waals surface area contributed by atoms with Gasteiger partial charge >= 0.3 is 6.03 Å². The largest absolute Gasteiger partial charge is 0.374 e. The number of amides is 2. The van der Waals surface area contributed by atoms with Crippen molar-refractivity contribution in [2.75, 3.05) is 46.9 Å². The molecule has 1 unspecified atom stereocenters.